The normalized spacial score (nSPS) is 11.2. The molecule has 5 aromatic rings. The first-order chi connectivity index (χ1) is 23.9. The number of hydrogen-bond donors (Lipinski definition) is 0. The SMILES string of the molecule is COc1ccc(/C=C/c2ccc(N(c3ccc(C)cc3)c3ccc(/C=C/c4cccc(C(=O)CCOCCOC(C)=O)c4)cc3)cc2)cc1. The van der Waals surface area contributed by atoms with Crippen LogP contribution in [0.4, 0.5) is 17.1 Å². The number of hydrogen-bond acceptors (Lipinski definition) is 6. The number of benzene rings is 5. The van der Waals surface area contributed by atoms with Crippen molar-refractivity contribution in [2.24, 2.45) is 0 Å². The summed E-state index contributed by atoms with van der Waals surface area (Å²) in [6.45, 7) is 4.18. The van der Waals surface area contributed by atoms with Crippen LogP contribution in [-0.4, -0.2) is 38.7 Å². The molecule has 0 aliphatic rings. The van der Waals surface area contributed by atoms with Gasteiger partial charge in [-0.25, -0.2) is 0 Å². The van der Waals surface area contributed by atoms with Gasteiger partial charge in [-0.05, 0) is 83.8 Å². The summed E-state index contributed by atoms with van der Waals surface area (Å²) in [5, 5.41) is 0. The van der Waals surface area contributed by atoms with E-state index < -0.39 is 0 Å². The van der Waals surface area contributed by atoms with Gasteiger partial charge in [0.15, 0.2) is 5.78 Å². The minimum atomic E-state index is -0.346. The molecule has 0 fully saturated rings. The zero-order valence-corrected chi connectivity index (χ0v) is 28.2. The molecular formula is C43H41NO5. The molecule has 49 heavy (non-hydrogen) atoms. The Kier molecular flexibility index (Phi) is 12.3. The van der Waals surface area contributed by atoms with Crippen molar-refractivity contribution in [3.05, 3.63) is 155 Å². The molecule has 0 N–H and O–H groups in total. The summed E-state index contributed by atoms with van der Waals surface area (Å²) in [6.07, 6.45) is 8.53. The maximum absolute atomic E-state index is 12.7. The Morgan fingerprint density at radius 1 is 0.612 bits per heavy atom. The summed E-state index contributed by atoms with van der Waals surface area (Å²) in [5.41, 5.74) is 9.23. The van der Waals surface area contributed by atoms with Gasteiger partial charge in [-0.2, -0.15) is 0 Å². The van der Waals surface area contributed by atoms with Crippen LogP contribution >= 0.6 is 0 Å². The summed E-state index contributed by atoms with van der Waals surface area (Å²) in [4.78, 5) is 25.8. The molecule has 0 aliphatic heterocycles. The van der Waals surface area contributed by atoms with E-state index in [0.717, 1.165) is 45.1 Å². The van der Waals surface area contributed by atoms with E-state index in [-0.39, 0.29) is 38.0 Å². The lowest BCUT2D eigenvalue weighted by Crippen LogP contribution is -2.10. The van der Waals surface area contributed by atoms with Crippen LogP contribution in [0.15, 0.2) is 121 Å². The van der Waals surface area contributed by atoms with E-state index in [1.807, 2.05) is 60.7 Å². The first kappa shape index (κ1) is 34.6. The van der Waals surface area contributed by atoms with Crippen molar-refractivity contribution < 1.29 is 23.8 Å². The van der Waals surface area contributed by atoms with Crippen molar-refractivity contribution >= 4 is 53.1 Å². The van der Waals surface area contributed by atoms with Crippen molar-refractivity contribution in [2.75, 3.05) is 31.8 Å². The van der Waals surface area contributed by atoms with Crippen LogP contribution in [0, 0.1) is 6.92 Å². The lowest BCUT2D eigenvalue weighted by atomic mass is 10.0. The number of ketones is 1. The number of rotatable bonds is 15. The Balaban J connectivity index is 1.26. The molecule has 0 aliphatic carbocycles. The maximum atomic E-state index is 12.7. The first-order valence-corrected chi connectivity index (χ1v) is 16.3. The van der Waals surface area contributed by atoms with Gasteiger partial charge in [0.1, 0.15) is 12.4 Å². The number of esters is 1. The van der Waals surface area contributed by atoms with E-state index in [0.29, 0.717) is 5.56 Å². The summed E-state index contributed by atoms with van der Waals surface area (Å²) in [7, 11) is 1.67. The number of carbonyl (C=O) groups is 2. The molecule has 0 heterocycles. The van der Waals surface area contributed by atoms with Crippen molar-refractivity contribution in [2.45, 2.75) is 20.3 Å². The fraction of sp³-hybridized carbons (Fsp3) is 0.163. The second-order valence-corrected chi connectivity index (χ2v) is 11.5. The maximum Gasteiger partial charge on any atom is 0.302 e. The standard InChI is InChI=1S/C43H41NO5/c1-32-7-19-39(20-8-32)44(40-21-13-34(14-22-40)9-10-36-17-25-42(47-3)26-18-36)41-23-15-35(16-24-41)11-12-37-5-4-6-38(31-37)43(46)27-28-48-29-30-49-33(2)45/h4-26,31H,27-30H2,1-3H3/b10-9+,12-11+. The fourth-order valence-electron chi connectivity index (χ4n) is 5.18. The van der Waals surface area contributed by atoms with Crippen LogP contribution in [0.5, 0.6) is 5.75 Å². The smallest absolute Gasteiger partial charge is 0.302 e. The summed E-state index contributed by atoms with van der Waals surface area (Å²) in [5.74, 6) is 0.501. The van der Waals surface area contributed by atoms with E-state index in [4.69, 9.17) is 14.2 Å². The van der Waals surface area contributed by atoms with E-state index in [2.05, 4.69) is 96.8 Å². The zero-order valence-electron chi connectivity index (χ0n) is 28.2. The molecule has 0 atom stereocenters. The van der Waals surface area contributed by atoms with Gasteiger partial charge in [0.2, 0.25) is 0 Å². The molecule has 0 amide bonds. The van der Waals surface area contributed by atoms with Crippen LogP contribution in [0.2, 0.25) is 0 Å². The Labute approximate surface area is 288 Å². The Hall–Kier alpha value is -5.72. The number of Topliss-reactive ketones (excluding diaryl/α,β-unsaturated/α-hetero) is 1. The molecular weight excluding hydrogens is 610 g/mol. The van der Waals surface area contributed by atoms with Crippen molar-refractivity contribution in [3.63, 3.8) is 0 Å². The third-order valence-electron chi connectivity index (χ3n) is 7.86. The molecule has 0 unspecified atom stereocenters. The number of anilines is 3. The zero-order chi connectivity index (χ0) is 34.4. The van der Waals surface area contributed by atoms with Crippen molar-refractivity contribution in [3.8, 4) is 5.75 Å². The molecule has 248 valence electrons. The van der Waals surface area contributed by atoms with Crippen LogP contribution in [0.25, 0.3) is 24.3 Å². The molecule has 0 radical (unpaired) electrons. The van der Waals surface area contributed by atoms with Gasteiger partial charge in [-0.15, -0.1) is 0 Å². The Morgan fingerprint density at radius 3 is 1.65 bits per heavy atom. The van der Waals surface area contributed by atoms with E-state index in [1.54, 1.807) is 7.11 Å². The highest BCUT2D eigenvalue weighted by atomic mass is 16.6. The van der Waals surface area contributed by atoms with Crippen LogP contribution < -0.4 is 9.64 Å². The van der Waals surface area contributed by atoms with Gasteiger partial charge in [-0.3, -0.25) is 9.59 Å². The Morgan fingerprint density at radius 2 is 1.12 bits per heavy atom. The average molecular weight is 652 g/mol. The summed E-state index contributed by atoms with van der Waals surface area (Å²) < 4.78 is 15.5. The molecule has 0 saturated heterocycles. The van der Waals surface area contributed by atoms with Crippen LogP contribution in [0.3, 0.4) is 0 Å². The van der Waals surface area contributed by atoms with Crippen molar-refractivity contribution in [1.29, 1.82) is 0 Å². The predicted molar refractivity (Wildman–Crippen MR) is 200 cm³/mol. The van der Waals surface area contributed by atoms with Gasteiger partial charge >= 0.3 is 5.97 Å². The van der Waals surface area contributed by atoms with Gasteiger partial charge in [0.25, 0.3) is 0 Å². The molecule has 5 rings (SSSR count). The summed E-state index contributed by atoms with van der Waals surface area (Å²) in [6, 6.07) is 41.1. The van der Waals surface area contributed by atoms with E-state index in [9.17, 15) is 9.59 Å². The monoisotopic (exact) mass is 651 g/mol. The van der Waals surface area contributed by atoms with Gasteiger partial charge in [0, 0.05) is 36.0 Å². The second kappa shape index (κ2) is 17.4. The second-order valence-electron chi connectivity index (χ2n) is 11.5. The van der Waals surface area contributed by atoms with E-state index >= 15 is 0 Å². The molecule has 0 bridgehead atoms. The minimum Gasteiger partial charge on any atom is -0.497 e. The third-order valence-corrected chi connectivity index (χ3v) is 7.86. The first-order valence-electron chi connectivity index (χ1n) is 16.3. The van der Waals surface area contributed by atoms with Crippen LogP contribution in [0.1, 0.15) is 51.5 Å². The average Bonchev–Trinajstić information content (AvgIpc) is 3.13. The number of methoxy groups -OCH3 is 1. The number of carbonyl (C=O) groups excluding carboxylic acids is 2. The van der Waals surface area contributed by atoms with Gasteiger partial charge < -0.3 is 19.1 Å². The molecule has 6 heteroatoms. The van der Waals surface area contributed by atoms with Gasteiger partial charge in [-0.1, -0.05) is 96.6 Å². The lowest BCUT2D eigenvalue weighted by molar-refractivity contribution is -0.142. The predicted octanol–water partition coefficient (Wildman–Crippen LogP) is 9.97. The lowest BCUT2D eigenvalue weighted by Gasteiger charge is -2.26. The molecule has 0 aromatic heterocycles. The molecule has 0 saturated carbocycles. The Bertz CT molecular complexity index is 1870. The number of aryl methyl sites for hydroxylation is 1. The highest BCUT2D eigenvalue weighted by molar-refractivity contribution is 5.96. The van der Waals surface area contributed by atoms with E-state index in [1.165, 1.54) is 12.5 Å². The molecule has 6 nitrogen and oxygen atoms in total. The third kappa shape index (κ3) is 10.4. The van der Waals surface area contributed by atoms with Crippen molar-refractivity contribution in [1.82, 2.24) is 0 Å². The highest BCUT2D eigenvalue weighted by Crippen LogP contribution is 2.35. The number of ether oxygens (including phenoxy) is 3. The fourth-order valence-corrected chi connectivity index (χ4v) is 5.18. The molecule has 5 aromatic carbocycles. The topological polar surface area (TPSA) is 65.1 Å². The number of nitrogens with zero attached hydrogens (tertiary/aromatic N) is 1. The largest absolute Gasteiger partial charge is 0.497 e. The quantitative estimate of drug-likeness (QED) is 0.0486. The van der Waals surface area contributed by atoms with Crippen LogP contribution in [-0.2, 0) is 14.3 Å². The molecule has 0 spiro atoms. The highest BCUT2D eigenvalue weighted by Gasteiger charge is 2.12. The minimum absolute atomic E-state index is 0.00424. The summed E-state index contributed by atoms with van der Waals surface area (Å²) >= 11 is 0. The van der Waals surface area contributed by atoms with Gasteiger partial charge in [0.05, 0.1) is 20.3 Å².